The van der Waals surface area contributed by atoms with Crippen molar-refractivity contribution < 1.29 is 63.7 Å². The zero-order chi connectivity index (χ0) is 32.2. The molecule has 1 aromatic heterocycles. The number of aromatic nitrogens is 1. The van der Waals surface area contributed by atoms with Crippen LogP contribution in [-0.4, -0.2) is 74.9 Å². The number of nitrogens with zero attached hydrogens (tertiary/aromatic N) is 2. The van der Waals surface area contributed by atoms with E-state index in [1.54, 1.807) is 0 Å². The van der Waals surface area contributed by atoms with Gasteiger partial charge in [-0.25, -0.2) is 22.5 Å². The van der Waals surface area contributed by atoms with E-state index in [9.17, 15) is 63.7 Å². The van der Waals surface area contributed by atoms with Crippen molar-refractivity contribution in [3.63, 3.8) is 0 Å². The van der Waals surface area contributed by atoms with Crippen LogP contribution in [0.1, 0.15) is 65.0 Å². The van der Waals surface area contributed by atoms with Gasteiger partial charge in [-0.3, -0.25) is 9.59 Å². The lowest BCUT2D eigenvalue weighted by molar-refractivity contribution is -0.376. The molecule has 3 rings (SSSR count). The van der Waals surface area contributed by atoms with Crippen molar-refractivity contribution in [2.24, 2.45) is 0 Å². The maximum Gasteiger partial charge on any atom is 0.430 e. The number of alkyl halides is 10. The topological polar surface area (TPSA) is 103 Å². The van der Waals surface area contributed by atoms with E-state index in [4.69, 9.17) is 0 Å². The summed E-state index contributed by atoms with van der Waals surface area (Å²) in [4.78, 5) is 29.8. The van der Waals surface area contributed by atoms with Crippen LogP contribution in [0.25, 0.3) is 10.4 Å². The molecule has 18 heteroatoms. The van der Waals surface area contributed by atoms with E-state index in [1.807, 2.05) is 0 Å². The molecule has 0 bridgehead atoms. The van der Waals surface area contributed by atoms with E-state index in [1.165, 1.54) is 20.8 Å². The summed E-state index contributed by atoms with van der Waals surface area (Å²) in [5.74, 6) is -5.66. The van der Waals surface area contributed by atoms with Crippen LogP contribution in [0.4, 0.5) is 43.9 Å². The molecule has 2 heterocycles. The molecule has 1 atom stereocenters. The summed E-state index contributed by atoms with van der Waals surface area (Å²) in [5, 5.41) is 21.2. The molecular weight excluding hydrogens is 616 g/mol. The Bertz CT molecular complexity index is 1340. The van der Waals surface area contributed by atoms with Crippen molar-refractivity contribution in [3.8, 4) is 10.4 Å². The van der Waals surface area contributed by atoms with Crippen LogP contribution in [0.3, 0.4) is 0 Å². The first kappa shape index (κ1) is 33.5. The normalized spacial score (nSPS) is 18.1. The molecular formula is C24H23F10N3O4S. The van der Waals surface area contributed by atoms with E-state index in [0.717, 1.165) is 0 Å². The number of rotatable bonds is 7. The highest BCUT2D eigenvalue weighted by atomic mass is 32.1. The number of likely N-dealkylation sites (tertiary alicyclic amines) is 1. The number of carbonyl (C=O) groups excluding carboxylic acids is 2. The van der Waals surface area contributed by atoms with Gasteiger partial charge in [0.25, 0.3) is 29.8 Å². The highest BCUT2D eigenvalue weighted by molar-refractivity contribution is 7.17. The van der Waals surface area contributed by atoms with Crippen molar-refractivity contribution in [1.82, 2.24) is 15.2 Å². The molecule has 1 aliphatic rings. The zero-order valence-electron chi connectivity index (χ0n) is 21.8. The number of benzene rings is 1. The Morgan fingerprint density at radius 2 is 1.69 bits per heavy atom. The van der Waals surface area contributed by atoms with E-state index < -0.39 is 99.0 Å². The molecule has 0 saturated carbocycles. The second kappa shape index (κ2) is 10.9. The molecule has 7 nitrogen and oxygen atoms in total. The fourth-order valence-corrected chi connectivity index (χ4v) is 5.22. The van der Waals surface area contributed by atoms with Gasteiger partial charge in [0.1, 0.15) is 5.69 Å². The maximum absolute atomic E-state index is 14.1. The standard InChI is InChI=1S/C24H23F10N3O4S/c1-10-7-21(27,28)9-37(10)19(39)14-15(42-18(36-14)17(38)35-8-20(2,3)40)12-5-4-11(6-13(12)16(25)26)22(41,23(29,30)31)24(32,33)34/h4-6,10,16,40-41H,7-9H2,1-3H3,(H,35,38)/t10-/m0/s1. The van der Waals surface area contributed by atoms with Gasteiger partial charge in [0.05, 0.1) is 17.0 Å². The lowest BCUT2D eigenvalue weighted by Crippen LogP contribution is -2.54. The molecule has 234 valence electrons. The Morgan fingerprint density at radius 3 is 2.14 bits per heavy atom. The van der Waals surface area contributed by atoms with Gasteiger partial charge in [0, 0.05) is 35.7 Å². The first-order valence-corrected chi connectivity index (χ1v) is 12.7. The predicted octanol–water partition coefficient (Wildman–Crippen LogP) is 5.43. The first-order chi connectivity index (χ1) is 18.9. The number of hydrogen-bond donors (Lipinski definition) is 3. The van der Waals surface area contributed by atoms with Crippen molar-refractivity contribution in [1.29, 1.82) is 0 Å². The van der Waals surface area contributed by atoms with Crippen LogP contribution in [-0.2, 0) is 5.60 Å². The van der Waals surface area contributed by atoms with Gasteiger partial charge >= 0.3 is 12.4 Å². The Labute approximate surface area is 235 Å². The highest BCUT2D eigenvalue weighted by Gasteiger charge is 2.71. The number of halogens is 10. The minimum atomic E-state index is -6.39. The molecule has 1 saturated heterocycles. The van der Waals surface area contributed by atoms with Crippen molar-refractivity contribution >= 4 is 23.2 Å². The fraction of sp³-hybridized carbons (Fsp3) is 0.542. The largest absolute Gasteiger partial charge is 0.430 e. The Kier molecular flexibility index (Phi) is 8.72. The Morgan fingerprint density at radius 1 is 1.12 bits per heavy atom. The van der Waals surface area contributed by atoms with Crippen molar-refractivity contribution in [2.45, 2.75) is 69.1 Å². The molecule has 0 spiro atoms. The molecule has 42 heavy (non-hydrogen) atoms. The number of thiazole rings is 1. The summed E-state index contributed by atoms with van der Waals surface area (Å²) in [5.41, 5.74) is -12.2. The lowest BCUT2D eigenvalue weighted by Gasteiger charge is -2.33. The van der Waals surface area contributed by atoms with Crippen molar-refractivity contribution in [3.05, 3.63) is 40.0 Å². The molecule has 0 aliphatic carbocycles. The van der Waals surface area contributed by atoms with Gasteiger partial charge in [-0.15, -0.1) is 11.3 Å². The summed E-state index contributed by atoms with van der Waals surface area (Å²) in [6.07, 6.45) is -17.3. The van der Waals surface area contributed by atoms with Crippen LogP contribution in [0.15, 0.2) is 18.2 Å². The van der Waals surface area contributed by atoms with E-state index >= 15 is 0 Å². The third-order valence-electron chi connectivity index (χ3n) is 6.26. The van der Waals surface area contributed by atoms with Gasteiger partial charge in [-0.05, 0) is 26.8 Å². The Balaban J connectivity index is 2.24. The monoisotopic (exact) mass is 639 g/mol. The summed E-state index contributed by atoms with van der Waals surface area (Å²) in [6.45, 7) is 2.38. The molecule has 1 fully saturated rings. The summed E-state index contributed by atoms with van der Waals surface area (Å²) < 4.78 is 137. The molecule has 1 aliphatic heterocycles. The summed E-state index contributed by atoms with van der Waals surface area (Å²) >= 11 is 0.235. The van der Waals surface area contributed by atoms with E-state index in [-0.39, 0.29) is 30.0 Å². The molecule has 3 N–H and O–H groups in total. The molecule has 2 aromatic rings. The fourth-order valence-electron chi connectivity index (χ4n) is 4.20. The molecule has 0 radical (unpaired) electrons. The maximum atomic E-state index is 14.1. The number of aliphatic hydroxyl groups is 2. The SMILES string of the molecule is C[C@H]1CC(F)(F)CN1C(=O)c1nc(C(=O)NCC(C)(C)O)sc1-c1ccc(C(O)(C(F)(F)F)C(F)(F)F)cc1C(F)F. The zero-order valence-corrected chi connectivity index (χ0v) is 22.6. The van der Waals surface area contributed by atoms with Crippen LogP contribution >= 0.6 is 11.3 Å². The van der Waals surface area contributed by atoms with Gasteiger partial charge in [0.15, 0.2) is 5.01 Å². The lowest BCUT2D eigenvalue weighted by atomic mass is 9.89. The van der Waals surface area contributed by atoms with Crippen molar-refractivity contribution in [2.75, 3.05) is 13.1 Å². The third kappa shape index (κ3) is 6.49. The quantitative estimate of drug-likeness (QED) is 0.351. The minimum Gasteiger partial charge on any atom is -0.389 e. The second-order valence-corrected chi connectivity index (χ2v) is 11.3. The minimum absolute atomic E-state index is 0.0663. The predicted molar refractivity (Wildman–Crippen MR) is 127 cm³/mol. The average molecular weight is 640 g/mol. The van der Waals surface area contributed by atoms with Crippen LogP contribution in [0, 0.1) is 0 Å². The summed E-state index contributed by atoms with van der Waals surface area (Å²) in [6, 6.07) is -0.920. The number of carbonyl (C=O) groups is 2. The second-order valence-electron chi connectivity index (χ2n) is 10.3. The smallest absolute Gasteiger partial charge is 0.389 e. The molecule has 2 amide bonds. The number of amides is 2. The summed E-state index contributed by atoms with van der Waals surface area (Å²) in [7, 11) is 0. The average Bonchev–Trinajstić information content (AvgIpc) is 3.39. The van der Waals surface area contributed by atoms with Gasteiger partial charge in [0.2, 0.25) is 0 Å². The third-order valence-corrected chi connectivity index (χ3v) is 7.35. The van der Waals surface area contributed by atoms with E-state index in [0.29, 0.717) is 11.0 Å². The first-order valence-electron chi connectivity index (χ1n) is 11.9. The van der Waals surface area contributed by atoms with Crippen LogP contribution < -0.4 is 5.32 Å². The van der Waals surface area contributed by atoms with Gasteiger partial charge in [-0.1, -0.05) is 12.1 Å². The highest BCUT2D eigenvalue weighted by Crippen LogP contribution is 2.51. The van der Waals surface area contributed by atoms with E-state index in [2.05, 4.69) is 10.3 Å². The van der Waals surface area contributed by atoms with Gasteiger partial charge in [-0.2, -0.15) is 26.3 Å². The molecule has 0 unspecified atom stereocenters. The number of hydrogen-bond acceptors (Lipinski definition) is 6. The number of nitrogens with one attached hydrogen (secondary N) is 1. The van der Waals surface area contributed by atoms with Crippen LogP contribution in [0.5, 0.6) is 0 Å². The molecule has 1 aromatic carbocycles. The van der Waals surface area contributed by atoms with Crippen LogP contribution in [0.2, 0.25) is 0 Å². The Hall–Kier alpha value is -2.99. The van der Waals surface area contributed by atoms with Gasteiger partial charge < -0.3 is 20.4 Å².